The highest BCUT2D eigenvalue weighted by atomic mass is 19.1. The fourth-order valence-corrected chi connectivity index (χ4v) is 1.47. The second-order valence-electron chi connectivity index (χ2n) is 3.20. The molecule has 0 aliphatic heterocycles. The minimum absolute atomic E-state index is 0.199. The molecule has 14 heavy (non-hydrogen) atoms. The van der Waals surface area contributed by atoms with Crippen LogP contribution >= 0.6 is 0 Å². The Kier molecular flexibility index (Phi) is 2.27. The number of aryl methyl sites for hydroxylation is 1. The third-order valence-corrected chi connectivity index (χ3v) is 2.16. The monoisotopic (exact) mass is 187 g/mol. The number of nitrogens with zero attached hydrogens (tertiary/aromatic N) is 1. The minimum atomic E-state index is -0.199. The molecule has 2 heteroatoms. The molecule has 0 bridgehead atoms. The van der Waals surface area contributed by atoms with Crippen LogP contribution in [0.4, 0.5) is 4.39 Å². The zero-order valence-corrected chi connectivity index (χ0v) is 7.87. The van der Waals surface area contributed by atoms with E-state index < -0.39 is 0 Å². The molecule has 0 aliphatic rings. The molecule has 0 amide bonds. The van der Waals surface area contributed by atoms with Crippen LogP contribution in [0.1, 0.15) is 5.56 Å². The Labute approximate surface area is 82.2 Å². The Balaban J connectivity index is 2.53. The number of pyridine rings is 1. The van der Waals surface area contributed by atoms with E-state index in [1.165, 1.54) is 12.1 Å². The number of benzene rings is 1. The third-order valence-electron chi connectivity index (χ3n) is 2.16. The molecule has 0 unspecified atom stereocenters. The first kappa shape index (κ1) is 8.88. The van der Waals surface area contributed by atoms with Crippen molar-refractivity contribution in [1.29, 1.82) is 0 Å². The van der Waals surface area contributed by atoms with Crippen molar-refractivity contribution < 1.29 is 4.39 Å². The first-order valence-electron chi connectivity index (χ1n) is 4.44. The van der Waals surface area contributed by atoms with Gasteiger partial charge in [-0.1, -0.05) is 12.1 Å². The minimum Gasteiger partial charge on any atom is -0.264 e. The molecule has 0 saturated carbocycles. The highest BCUT2D eigenvalue weighted by Crippen LogP contribution is 2.22. The average molecular weight is 187 g/mol. The molecule has 0 saturated heterocycles. The molecule has 0 atom stereocenters. The van der Waals surface area contributed by atoms with E-state index in [-0.39, 0.29) is 5.82 Å². The van der Waals surface area contributed by atoms with Crippen molar-refractivity contribution in [2.45, 2.75) is 6.92 Å². The van der Waals surface area contributed by atoms with Gasteiger partial charge in [0.15, 0.2) is 0 Å². The molecule has 2 rings (SSSR count). The van der Waals surface area contributed by atoms with E-state index in [0.29, 0.717) is 0 Å². The number of halogens is 1. The third kappa shape index (κ3) is 1.64. The summed E-state index contributed by atoms with van der Waals surface area (Å²) in [7, 11) is 0. The number of hydrogen-bond acceptors (Lipinski definition) is 1. The van der Waals surface area contributed by atoms with Crippen molar-refractivity contribution >= 4 is 0 Å². The Morgan fingerprint density at radius 2 is 2.07 bits per heavy atom. The largest absolute Gasteiger partial charge is 0.264 e. The zero-order valence-electron chi connectivity index (χ0n) is 7.87. The Morgan fingerprint density at radius 3 is 2.71 bits per heavy atom. The highest BCUT2D eigenvalue weighted by molar-refractivity contribution is 5.65. The topological polar surface area (TPSA) is 12.9 Å². The lowest BCUT2D eigenvalue weighted by molar-refractivity contribution is 0.627. The van der Waals surface area contributed by atoms with Gasteiger partial charge in [0.05, 0.1) is 0 Å². The van der Waals surface area contributed by atoms with E-state index in [1.54, 1.807) is 18.5 Å². The quantitative estimate of drug-likeness (QED) is 0.668. The molecule has 0 spiro atoms. The Bertz CT molecular complexity index is 437. The van der Waals surface area contributed by atoms with E-state index in [1.807, 2.05) is 19.1 Å². The van der Waals surface area contributed by atoms with Gasteiger partial charge in [0, 0.05) is 18.0 Å². The maximum atomic E-state index is 12.8. The summed E-state index contributed by atoms with van der Waals surface area (Å²) in [6.07, 6.45) is 3.50. The van der Waals surface area contributed by atoms with E-state index in [2.05, 4.69) is 4.98 Å². The zero-order chi connectivity index (χ0) is 9.97. The predicted octanol–water partition coefficient (Wildman–Crippen LogP) is 3.20. The van der Waals surface area contributed by atoms with E-state index in [0.717, 1.165) is 16.7 Å². The number of rotatable bonds is 1. The van der Waals surface area contributed by atoms with Crippen LogP contribution in [-0.2, 0) is 0 Å². The molecule has 0 aliphatic carbocycles. The summed E-state index contributed by atoms with van der Waals surface area (Å²) in [4.78, 5) is 4.03. The molecule has 0 N–H and O–H groups in total. The number of aromatic nitrogens is 1. The number of hydrogen-bond donors (Lipinski definition) is 0. The van der Waals surface area contributed by atoms with Gasteiger partial charge in [0.25, 0.3) is 0 Å². The SMILES string of the molecule is Cc1cc(F)ccc1-c1cccnc1. The van der Waals surface area contributed by atoms with Gasteiger partial charge in [-0.25, -0.2) is 4.39 Å². The standard InChI is InChI=1S/C12H10FN/c1-9-7-11(13)4-5-12(9)10-3-2-6-14-8-10/h2-8H,1H3. The van der Waals surface area contributed by atoms with Crippen molar-refractivity contribution in [3.05, 3.63) is 54.1 Å². The van der Waals surface area contributed by atoms with Gasteiger partial charge in [-0.15, -0.1) is 0 Å². The van der Waals surface area contributed by atoms with Crippen LogP contribution in [0.15, 0.2) is 42.7 Å². The predicted molar refractivity (Wildman–Crippen MR) is 54.4 cm³/mol. The Morgan fingerprint density at radius 1 is 1.21 bits per heavy atom. The van der Waals surface area contributed by atoms with Crippen LogP contribution in [0.5, 0.6) is 0 Å². The maximum Gasteiger partial charge on any atom is 0.123 e. The highest BCUT2D eigenvalue weighted by Gasteiger charge is 2.01. The summed E-state index contributed by atoms with van der Waals surface area (Å²) in [6, 6.07) is 8.62. The van der Waals surface area contributed by atoms with Crippen LogP contribution in [0.2, 0.25) is 0 Å². The van der Waals surface area contributed by atoms with Gasteiger partial charge in [-0.3, -0.25) is 4.98 Å². The van der Waals surface area contributed by atoms with Gasteiger partial charge in [0.1, 0.15) is 5.82 Å². The van der Waals surface area contributed by atoms with Gasteiger partial charge >= 0.3 is 0 Å². The van der Waals surface area contributed by atoms with E-state index >= 15 is 0 Å². The average Bonchev–Trinajstić information content (AvgIpc) is 2.19. The van der Waals surface area contributed by atoms with Crippen LogP contribution in [0.25, 0.3) is 11.1 Å². The summed E-state index contributed by atoms with van der Waals surface area (Å²) in [5, 5.41) is 0. The van der Waals surface area contributed by atoms with Crippen molar-refractivity contribution in [3.8, 4) is 11.1 Å². The van der Waals surface area contributed by atoms with Crippen LogP contribution in [0, 0.1) is 12.7 Å². The van der Waals surface area contributed by atoms with Crippen molar-refractivity contribution in [3.63, 3.8) is 0 Å². The van der Waals surface area contributed by atoms with Crippen LogP contribution in [-0.4, -0.2) is 4.98 Å². The second-order valence-corrected chi connectivity index (χ2v) is 3.20. The lowest BCUT2D eigenvalue weighted by Gasteiger charge is -2.04. The molecule has 0 radical (unpaired) electrons. The molecular weight excluding hydrogens is 177 g/mol. The summed E-state index contributed by atoms with van der Waals surface area (Å²) in [5.41, 5.74) is 2.97. The molecule has 2 aromatic rings. The fourth-order valence-electron chi connectivity index (χ4n) is 1.47. The van der Waals surface area contributed by atoms with E-state index in [4.69, 9.17) is 0 Å². The molecule has 0 fully saturated rings. The molecular formula is C12H10FN. The van der Waals surface area contributed by atoms with Gasteiger partial charge in [-0.05, 0) is 36.2 Å². The fraction of sp³-hybridized carbons (Fsp3) is 0.0833. The summed E-state index contributed by atoms with van der Waals surface area (Å²) in [6.45, 7) is 1.89. The van der Waals surface area contributed by atoms with Crippen molar-refractivity contribution in [2.24, 2.45) is 0 Å². The molecule has 70 valence electrons. The van der Waals surface area contributed by atoms with Crippen molar-refractivity contribution in [1.82, 2.24) is 4.98 Å². The summed E-state index contributed by atoms with van der Waals surface area (Å²) >= 11 is 0. The molecule has 1 aromatic heterocycles. The van der Waals surface area contributed by atoms with Gasteiger partial charge in [0.2, 0.25) is 0 Å². The lowest BCUT2D eigenvalue weighted by atomic mass is 10.0. The Hall–Kier alpha value is -1.70. The van der Waals surface area contributed by atoms with Crippen LogP contribution in [0.3, 0.4) is 0 Å². The van der Waals surface area contributed by atoms with Crippen LogP contribution < -0.4 is 0 Å². The van der Waals surface area contributed by atoms with E-state index in [9.17, 15) is 4.39 Å². The first-order valence-corrected chi connectivity index (χ1v) is 4.44. The molecule has 1 heterocycles. The smallest absolute Gasteiger partial charge is 0.123 e. The maximum absolute atomic E-state index is 12.8. The summed E-state index contributed by atoms with van der Waals surface area (Å²) in [5.74, 6) is -0.199. The first-order chi connectivity index (χ1) is 6.77. The molecule has 1 aromatic carbocycles. The van der Waals surface area contributed by atoms with Crippen molar-refractivity contribution in [2.75, 3.05) is 0 Å². The summed E-state index contributed by atoms with van der Waals surface area (Å²) < 4.78 is 12.8. The van der Waals surface area contributed by atoms with Gasteiger partial charge in [-0.2, -0.15) is 0 Å². The normalized spacial score (nSPS) is 10.1. The van der Waals surface area contributed by atoms with Gasteiger partial charge < -0.3 is 0 Å². The molecule has 1 nitrogen and oxygen atoms in total. The lowest BCUT2D eigenvalue weighted by Crippen LogP contribution is -1.85. The second kappa shape index (κ2) is 3.58.